The van der Waals surface area contributed by atoms with Gasteiger partial charge >= 0.3 is 0 Å². The number of sulfonamides is 1. The number of amides is 1. The molecule has 1 amide bonds. The highest BCUT2D eigenvalue weighted by molar-refractivity contribution is 7.88. The summed E-state index contributed by atoms with van der Waals surface area (Å²) in [6, 6.07) is 1.47. The number of ether oxygens (including phenoxy) is 1. The second-order valence-electron chi connectivity index (χ2n) is 4.62. The Balaban J connectivity index is 1.94. The maximum Gasteiger partial charge on any atom is 0.240 e. The van der Waals surface area contributed by atoms with Crippen LogP contribution >= 0.6 is 0 Å². The molecule has 1 aromatic heterocycles. The first kappa shape index (κ1) is 14.9. The van der Waals surface area contributed by atoms with E-state index in [2.05, 4.69) is 15.0 Å². The lowest BCUT2D eigenvalue weighted by Crippen LogP contribution is -2.41. The minimum absolute atomic E-state index is 0.149. The lowest BCUT2D eigenvalue weighted by molar-refractivity contribution is -0.116. The number of nitrogens with zero attached hydrogens (tertiary/aromatic N) is 2. The quantitative estimate of drug-likeness (QED) is 0.797. The first-order valence-electron chi connectivity index (χ1n) is 6.22. The third-order valence-electron chi connectivity index (χ3n) is 2.93. The number of carbonyl (C=O) groups is 1. The lowest BCUT2D eigenvalue weighted by Gasteiger charge is -2.22. The molecule has 9 heteroatoms. The van der Waals surface area contributed by atoms with Gasteiger partial charge in [-0.25, -0.2) is 8.42 Å². The molecule has 112 valence electrons. The van der Waals surface area contributed by atoms with Crippen LogP contribution in [0.1, 0.15) is 12.8 Å². The average molecular weight is 303 g/mol. The summed E-state index contributed by atoms with van der Waals surface area (Å²) in [6.07, 6.45) is 3.95. The summed E-state index contributed by atoms with van der Waals surface area (Å²) in [5.41, 5.74) is 0. The first-order valence-corrected chi connectivity index (χ1v) is 8.07. The van der Waals surface area contributed by atoms with Crippen LogP contribution in [-0.4, -0.2) is 55.8 Å². The number of carbonyl (C=O) groups excluding carboxylic acids is 1. The van der Waals surface area contributed by atoms with E-state index in [4.69, 9.17) is 4.74 Å². The van der Waals surface area contributed by atoms with Crippen LogP contribution in [0.5, 0.6) is 0 Å². The Hall–Kier alpha value is -1.45. The Morgan fingerprint density at radius 2 is 2.40 bits per heavy atom. The van der Waals surface area contributed by atoms with E-state index in [-0.39, 0.29) is 25.0 Å². The van der Waals surface area contributed by atoms with Crippen LogP contribution in [-0.2, 0) is 19.6 Å². The number of hydrogen-bond donors (Lipinski definition) is 1. The average Bonchev–Trinajstić information content (AvgIpc) is 2.99. The van der Waals surface area contributed by atoms with Gasteiger partial charge in [0.15, 0.2) is 5.82 Å². The molecule has 20 heavy (non-hydrogen) atoms. The summed E-state index contributed by atoms with van der Waals surface area (Å²) in [5.74, 6) is -0.220. The molecule has 0 saturated carbocycles. The zero-order chi connectivity index (χ0) is 14.6. The maximum atomic E-state index is 11.8. The fourth-order valence-corrected chi connectivity index (χ4v) is 2.74. The third kappa shape index (κ3) is 4.29. The van der Waals surface area contributed by atoms with E-state index in [0.29, 0.717) is 6.61 Å². The van der Waals surface area contributed by atoms with Crippen LogP contribution in [0.15, 0.2) is 16.9 Å². The van der Waals surface area contributed by atoms with Gasteiger partial charge in [-0.15, -0.1) is 0 Å². The van der Waals surface area contributed by atoms with Crippen molar-refractivity contribution in [3.05, 3.63) is 12.3 Å². The van der Waals surface area contributed by atoms with E-state index in [0.717, 1.165) is 23.4 Å². The van der Waals surface area contributed by atoms with Gasteiger partial charge in [0.1, 0.15) is 6.26 Å². The Kier molecular flexibility index (Phi) is 4.73. The van der Waals surface area contributed by atoms with Gasteiger partial charge in [0.05, 0.1) is 18.9 Å². The van der Waals surface area contributed by atoms with E-state index >= 15 is 0 Å². The fraction of sp³-hybridized carbons (Fsp3) is 0.636. The molecule has 0 radical (unpaired) electrons. The van der Waals surface area contributed by atoms with Crippen molar-refractivity contribution in [2.75, 3.05) is 31.3 Å². The predicted molar refractivity (Wildman–Crippen MR) is 70.5 cm³/mol. The monoisotopic (exact) mass is 303 g/mol. The highest BCUT2D eigenvalue weighted by atomic mass is 32.2. The molecule has 0 bridgehead atoms. The van der Waals surface area contributed by atoms with Crippen LogP contribution in [0.2, 0.25) is 0 Å². The number of nitrogens with one attached hydrogen (secondary N) is 1. The van der Waals surface area contributed by atoms with Crippen LogP contribution in [0, 0.1) is 0 Å². The topological polar surface area (TPSA) is 102 Å². The van der Waals surface area contributed by atoms with Gasteiger partial charge in [-0.2, -0.15) is 4.31 Å². The molecule has 1 N–H and O–H groups in total. The molecule has 1 atom stereocenters. The number of hydrogen-bond acceptors (Lipinski definition) is 6. The molecule has 1 aliphatic rings. The molecule has 0 spiro atoms. The maximum absolute atomic E-state index is 11.8. The van der Waals surface area contributed by atoms with Crippen LogP contribution < -0.4 is 5.32 Å². The summed E-state index contributed by atoms with van der Waals surface area (Å²) in [4.78, 5) is 11.8. The van der Waals surface area contributed by atoms with E-state index in [1.54, 1.807) is 0 Å². The van der Waals surface area contributed by atoms with Crippen molar-refractivity contribution in [3.8, 4) is 0 Å². The SMILES string of the molecule is CS(=O)(=O)N(CC(=O)Nc1ccon1)CC1CCCO1. The first-order chi connectivity index (χ1) is 9.45. The standard InChI is InChI=1S/C11H17N3O5S/c1-20(16,17)14(7-9-3-2-5-18-9)8-11(15)12-10-4-6-19-13-10/h4,6,9H,2-3,5,7-8H2,1H3,(H,12,13,15). The van der Waals surface area contributed by atoms with Crippen molar-refractivity contribution in [1.29, 1.82) is 0 Å². The van der Waals surface area contributed by atoms with Crippen molar-refractivity contribution in [3.63, 3.8) is 0 Å². The molecule has 0 aliphatic carbocycles. The van der Waals surface area contributed by atoms with Gasteiger partial charge in [0, 0.05) is 19.2 Å². The summed E-state index contributed by atoms with van der Waals surface area (Å²) < 4.78 is 34.5. The predicted octanol–water partition coefficient (Wildman–Crippen LogP) is 0.0537. The molecule has 8 nitrogen and oxygen atoms in total. The van der Waals surface area contributed by atoms with Gasteiger partial charge in [-0.1, -0.05) is 5.16 Å². The third-order valence-corrected chi connectivity index (χ3v) is 4.14. The summed E-state index contributed by atoms with van der Waals surface area (Å²) in [7, 11) is -3.48. The molecule has 0 aromatic carbocycles. The molecule has 2 rings (SSSR count). The minimum atomic E-state index is -3.48. The molecular weight excluding hydrogens is 286 g/mol. The van der Waals surface area contributed by atoms with E-state index in [1.165, 1.54) is 12.3 Å². The number of aromatic nitrogens is 1. The molecule has 1 unspecified atom stereocenters. The zero-order valence-corrected chi connectivity index (χ0v) is 11.9. The molecular formula is C11H17N3O5S. The van der Waals surface area contributed by atoms with E-state index < -0.39 is 15.9 Å². The molecule has 2 heterocycles. The summed E-state index contributed by atoms with van der Waals surface area (Å²) >= 11 is 0. The highest BCUT2D eigenvalue weighted by Gasteiger charge is 2.26. The molecule has 1 aliphatic heterocycles. The van der Waals surface area contributed by atoms with Gasteiger partial charge in [0.2, 0.25) is 15.9 Å². The van der Waals surface area contributed by atoms with Gasteiger partial charge in [0.25, 0.3) is 0 Å². The van der Waals surface area contributed by atoms with Crippen molar-refractivity contribution >= 4 is 21.7 Å². The van der Waals surface area contributed by atoms with Crippen LogP contribution in [0.4, 0.5) is 5.82 Å². The van der Waals surface area contributed by atoms with Crippen molar-refractivity contribution in [2.24, 2.45) is 0 Å². The zero-order valence-electron chi connectivity index (χ0n) is 11.1. The lowest BCUT2D eigenvalue weighted by atomic mass is 10.2. The smallest absolute Gasteiger partial charge is 0.240 e. The van der Waals surface area contributed by atoms with Crippen LogP contribution in [0.3, 0.4) is 0 Å². The van der Waals surface area contributed by atoms with Crippen molar-refractivity contribution in [1.82, 2.24) is 9.46 Å². The highest BCUT2D eigenvalue weighted by Crippen LogP contribution is 2.15. The van der Waals surface area contributed by atoms with Gasteiger partial charge in [-0.05, 0) is 12.8 Å². The number of rotatable bonds is 6. The second kappa shape index (κ2) is 6.33. The van der Waals surface area contributed by atoms with Crippen molar-refractivity contribution < 1.29 is 22.5 Å². The fourth-order valence-electron chi connectivity index (χ4n) is 1.95. The summed E-state index contributed by atoms with van der Waals surface area (Å²) in [6.45, 7) is 0.546. The normalized spacial score (nSPS) is 19.4. The van der Waals surface area contributed by atoms with E-state index in [9.17, 15) is 13.2 Å². The van der Waals surface area contributed by atoms with Crippen LogP contribution in [0.25, 0.3) is 0 Å². The Morgan fingerprint density at radius 3 is 2.95 bits per heavy atom. The van der Waals surface area contributed by atoms with Gasteiger partial charge in [-0.3, -0.25) is 4.79 Å². The Morgan fingerprint density at radius 1 is 1.60 bits per heavy atom. The molecule has 1 aromatic rings. The largest absolute Gasteiger partial charge is 0.377 e. The van der Waals surface area contributed by atoms with E-state index in [1.807, 2.05) is 0 Å². The molecule has 1 fully saturated rings. The molecule has 1 saturated heterocycles. The second-order valence-corrected chi connectivity index (χ2v) is 6.61. The summed E-state index contributed by atoms with van der Waals surface area (Å²) in [5, 5.41) is 5.99. The van der Waals surface area contributed by atoms with Gasteiger partial charge < -0.3 is 14.6 Å². The number of anilines is 1. The Labute approximate surface area is 117 Å². The Bertz CT molecular complexity index is 536. The van der Waals surface area contributed by atoms with Crippen molar-refractivity contribution in [2.45, 2.75) is 18.9 Å². The minimum Gasteiger partial charge on any atom is -0.377 e.